The van der Waals surface area contributed by atoms with Gasteiger partial charge in [-0.1, -0.05) is 12.1 Å². The van der Waals surface area contributed by atoms with Gasteiger partial charge in [-0.3, -0.25) is 4.79 Å². The van der Waals surface area contributed by atoms with Gasteiger partial charge >= 0.3 is 0 Å². The number of nitrogens with one attached hydrogen (secondary N) is 1. The summed E-state index contributed by atoms with van der Waals surface area (Å²) in [5, 5.41) is 12.2. The van der Waals surface area contributed by atoms with Crippen LogP contribution in [-0.2, 0) is 0 Å². The lowest BCUT2D eigenvalue weighted by Gasteiger charge is -2.10. The van der Waals surface area contributed by atoms with Crippen LogP contribution in [0.3, 0.4) is 0 Å². The van der Waals surface area contributed by atoms with Crippen LogP contribution in [0.25, 0.3) is 0 Å². The van der Waals surface area contributed by atoms with Gasteiger partial charge in [-0.2, -0.15) is 0 Å². The number of aromatic hydroxyl groups is 1. The quantitative estimate of drug-likeness (QED) is 0.733. The fourth-order valence-electron chi connectivity index (χ4n) is 1.36. The maximum atomic E-state index is 11.6. The number of benzene rings is 1. The van der Waals surface area contributed by atoms with Crippen LogP contribution in [0.5, 0.6) is 5.75 Å². The van der Waals surface area contributed by atoms with E-state index in [0.29, 0.717) is 12.1 Å². The second kappa shape index (κ2) is 6.12. The van der Waals surface area contributed by atoms with E-state index in [2.05, 4.69) is 10.2 Å². The summed E-state index contributed by atoms with van der Waals surface area (Å²) < 4.78 is 0. The van der Waals surface area contributed by atoms with E-state index in [1.807, 2.05) is 14.1 Å². The molecule has 88 valence electrons. The first kappa shape index (κ1) is 12.5. The van der Waals surface area contributed by atoms with Crippen molar-refractivity contribution in [3.63, 3.8) is 0 Å². The smallest absolute Gasteiger partial charge is 0.255 e. The summed E-state index contributed by atoms with van der Waals surface area (Å²) in [5.74, 6) is -0.204. The topological polar surface area (TPSA) is 52.6 Å². The van der Waals surface area contributed by atoms with Gasteiger partial charge in [0.15, 0.2) is 0 Å². The largest absolute Gasteiger partial charge is 0.507 e. The summed E-state index contributed by atoms with van der Waals surface area (Å²) in [6.45, 7) is 1.55. The van der Waals surface area contributed by atoms with Crippen LogP contribution in [0.2, 0.25) is 0 Å². The molecule has 2 N–H and O–H groups in total. The number of phenolic OH excluding ortho intramolecular Hbond substituents is 1. The third-order valence-electron chi connectivity index (χ3n) is 2.22. The van der Waals surface area contributed by atoms with E-state index in [1.165, 1.54) is 6.07 Å². The maximum absolute atomic E-state index is 11.6. The molecule has 0 aliphatic carbocycles. The first-order chi connectivity index (χ1) is 7.61. The number of phenols is 1. The van der Waals surface area contributed by atoms with Gasteiger partial charge < -0.3 is 15.3 Å². The second-order valence-electron chi connectivity index (χ2n) is 3.93. The fraction of sp³-hybridized carbons (Fsp3) is 0.417. The van der Waals surface area contributed by atoms with Crippen molar-refractivity contribution in [1.29, 1.82) is 0 Å². The summed E-state index contributed by atoms with van der Waals surface area (Å²) >= 11 is 0. The average Bonchev–Trinajstić information content (AvgIpc) is 2.24. The Morgan fingerprint density at radius 2 is 2.06 bits per heavy atom. The highest BCUT2D eigenvalue weighted by atomic mass is 16.3. The van der Waals surface area contributed by atoms with E-state index >= 15 is 0 Å². The molecule has 1 aromatic carbocycles. The number of nitrogens with zero attached hydrogens (tertiary/aromatic N) is 1. The molecule has 0 radical (unpaired) electrons. The molecule has 0 unspecified atom stereocenters. The molecular weight excluding hydrogens is 204 g/mol. The Kier molecular flexibility index (Phi) is 4.79. The predicted octanol–water partition coefficient (Wildman–Crippen LogP) is 1.07. The highest BCUT2D eigenvalue weighted by Gasteiger charge is 2.08. The molecule has 1 amide bonds. The SMILES string of the molecule is CN(C)CCCNC(=O)c1ccccc1O. The van der Waals surface area contributed by atoms with Gasteiger partial charge in [0, 0.05) is 6.54 Å². The summed E-state index contributed by atoms with van der Waals surface area (Å²) in [4.78, 5) is 13.7. The Bertz CT molecular complexity index is 351. The van der Waals surface area contributed by atoms with Crippen molar-refractivity contribution in [3.05, 3.63) is 29.8 Å². The molecule has 0 aliphatic heterocycles. The minimum Gasteiger partial charge on any atom is -0.507 e. The third kappa shape index (κ3) is 3.90. The van der Waals surface area contributed by atoms with E-state index in [4.69, 9.17) is 0 Å². The average molecular weight is 222 g/mol. The third-order valence-corrected chi connectivity index (χ3v) is 2.22. The first-order valence-electron chi connectivity index (χ1n) is 5.32. The molecule has 0 heterocycles. The number of hydrogen-bond donors (Lipinski definition) is 2. The van der Waals surface area contributed by atoms with E-state index in [-0.39, 0.29) is 11.7 Å². The lowest BCUT2D eigenvalue weighted by atomic mass is 10.2. The van der Waals surface area contributed by atoms with Gasteiger partial charge in [0.2, 0.25) is 0 Å². The molecule has 0 aromatic heterocycles. The molecular formula is C12H18N2O2. The highest BCUT2D eigenvalue weighted by Crippen LogP contribution is 2.14. The van der Waals surface area contributed by atoms with E-state index in [9.17, 15) is 9.90 Å². The molecule has 0 saturated heterocycles. The predicted molar refractivity (Wildman–Crippen MR) is 63.6 cm³/mol. The van der Waals surface area contributed by atoms with Crippen molar-refractivity contribution in [2.24, 2.45) is 0 Å². The van der Waals surface area contributed by atoms with Gasteiger partial charge in [0.1, 0.15) is 5.75 Å². The number of rotatable bonds is 5. The molecule has 16 heavy (non-hydrogen) atoms. The summed E-state index contributed by atoms with van der Waals surface area (Å²) in [5.41, 5.74) is 0.326. The van der Waals surface area contributed by atoms with Crippen molar-refractivity contribution < 1.29 is 9.90 Å². The number of para-hydroxylation sites is 1. The Balaban J connectivity index is 2.39. The Morgan fingerprint density at radius 3 is 2.69 bits per heavy atom. The van der Waals surface area contributed by atoms with Crippen molar-refractivity contribution in [2.45, 2.75) is 6.42 Å². The van der Waals surface area contributed by atoms with Gasteiger partial charge in [-0.05, 0) is 39.2 Å². The summed E-state index contributed by atoms with van der Waals surface area (Å²) in [6.07, 6.45) is 0.895. The first-order valence-corrected chi connectivity index (χ1v) is 5.32. The van der Waals surface area contributed by atoms with Crippen LogP contribution in [0.4, 0.5) is 0 Å². The maximum Gasteiger partial charge on any atom is 0.255 e. The van der Waals surface area contributed by atoms with Gasteiger partial charge in [-0.25, -0.2) is 0 Å². The standard InChI is InChI=1S/C12H18N2O2/c1-14(2)9-5-8-13-12(16)10-6-3-4-7-11(10)15/h3-4,6-7,15H,5,8-9H2,1-2H3,(H,13,16). The van der Waals surface area contributed by atoms with Crippen molar-refractivity contribution in [1.82, 2.24) is 10.2 Å². The van der Waals surface area contributed by atoms with Crippen molar-refractivity contribution >= 4 is 5.91 Å². The van der Waals surface area contributed by atoms with Crippen LogP contribution >= 0.6 is 0 Å². The number of amides is 1. The Labute approximate surface area is 95.9 Å². The molecule has 0 fully saturated rings. The van der Waals surface area contributed by atoms with Crippen LogP contribution in [0.1, 0.15) is 16.8 Å². The van der Waals surface area contributed by atoms with Gasteiger partial charge in [0.25, 0.3) is 5.91 Å². The molecule has 0 aliphatic rings. The van der Waals surface area contributed by atoms with Crippen LogP contribution in [-0.4, -0.2) is 43.1 Å². The zero-order valence-corrected chi connectivity index (χ0v) is 9.73. The van der Waals surface area contributed by atoms with E-state index in [0.717, 1.165) is 13.0 Å². The van der Waals surface area contributed by atoms with Crippen LogP contribution < -0.4 is 5.32 Å². The molecule has 1 aromatic rings. The number of carbonyl (C=O) groups is 1. The van der Waals surface area contributed by atoms with E-state index in [1.54, 1.807) is 18.2 Å². The van der Waals surface area contributed by atoms with Crippen LogP contribution in [0, 0.1) is 0 Å². The normalized spacial score (nSPS) is 10.4. The lowest BCUT2D eigenvalue weighted by Crippen LogP contribution is -2.27. The minimum atomic E-state index is -0.225. The number of carbonyl (C=O) groups excluding carboxylic acids is 1. The molecule has 1 rings (SSSR count). The fourth-order valence-corrected chi connectivity index (χ4v) is 1.36. The minimum absolute atomic E-state index is 0.0209. The monoisotopic (exact) mass is 222 g/mol. The lowest BCUT2D eigenvalue weighted by molar-refractivity contribution is 0.0949. The van der Waals surface area contributed by atoms with Crippen molar-refractivity contribution in [3.8, 4) is 5.75 Å². The zero-order chi connectivity index (χ0) is 12.0. The Hall–Kier alpha value is -1.55. The number of hydrogen-bond acceptors (Lipinski definition) is 3. The summed E-state index contributed by atoms with van der Waals surface area (Å²) in [7, 11) is 3.98. The molecule has 0 saturated carbocycles. The zero-order valence-electron chi connectivity index (χ0n) is 9.73. The molecule has 0 atom stereocenters. The second-order valence-corrected chi connectivity index (χ2v) is 3.93. The molecule has 0 spiro atoms. The van der Waals surface area contributed by atoms with Gasteiger partial charge in [0.05, 0.1) is 5.56 Å². The van der Waals surface area contributed by atoms with E-state index < -0.39 is 0 Å². The molecule has 0 bridgehead atoms. The van der Waals surface area contributed by atoms with Gasteiger partial charge in [-0.15, -0.1) is 0 Å². The van der Waals surface area contributed by atoms with Crippen LogP contribution in [0.15, 0.2) is 24.3 Å². The molecule has 4 nitrogen and oxygen atoms in total. The van der Waals surface area contributed by atoms with Crippen molar-refractivity contribution in [2.75, 3.05) is 27.2 Å². The Morgan fingerprint density at radius 1 is 1.38 bits per heavy atom. The molecule has 4 heteroatoms. The highest BCUT2D eigenvalue weighted by molar-refractivity contribution is 5.96. The summed E-state index contributed by atoms with van der Waals surface area (Å²) in [6, 6.07) is 6.54.